The first-order valence-electron chi connectivity index (χ1n) is 2.83. The Morgan fingerprint density at radius 1 is 1.70 bits per heavy atom. The predicted molar refractivity (Wildman–Crippen MR) is 32.5 cm³/mol. The summed E-state index contributed by atoms with van der Waals surface area (Å²) in [4.78, 5) is 21.6. The molecule has 0 aliphatic carbocycles. The van der Waals surface area contributed by atoms with Crippen molar-refractivity contribution in [2.24, 2.45) is 0 Å². The number of carbonyl (C=O) groups is 2. The number of imide groups is 1. The summed E-state index contributed by atoms with van der Waals surface area (Å²) < 4.78 is 4.07. The summed E-state index contributed by atoms with van der Waals surface area (Å²) in [7, 11) is 1.48. The molecule has 1 aliphatic rings. The van der Waals surface area contributed by atoms with Gasteiger partial charge < -0.3 is 4.74 Å². The molecule has 2 amide bonds. The number of carbonyl (C=O) groups excluding carboxylic acids is 2. The van der Waals surface area contributed by atoms with E-state index in [9.17, 15) is 9.59 Å². The van der Waals surface area contributed by atoms with E-state index >= 15 is 0 Å². The molecule has 0 radical (unpaired) electrons. The summed E-state index contributed by atoms with van der Waals surface area (Å²) in [5.74, 6) is -0.251. The minimum absolute atomic E-state index is 0.251. The molecule has 0 N–H and O–H groups in total. The van der Waals surface area contributed by atoms with Gasteiger partial charge in [-0.05, 0) is 0 Å². The van der Waals surface area contributed by atoms with Crippen LogP contribution in [-0.2, 0) is 9.53 Å². The van der Waals surface area contributed by atoms with Crippen molar-refractivity contribution in [3.8, 4) is 0 Å². The number of hydrogen-bond acceptors (Lipinski definition) is 3. The third kappa shape index (κ3) is 0.733. The largest absolute Gasteiger partial charge is 0.533 e. The zero-order valence-electron chi connectivity index (χ0n) is 5.83. The Hall–Kier alpha value is -1.16. The molecular weight excluding hydrogens is 134 g/mol. The second kappa shape index (κ2) is 1.91. The van der Waals surface area contributed by atoms with Crippen LogP contribution in [0.25, 0.3) is 0 Å². The average molecular weight is 142 g/mol. The molecule has 10 heavy (non-hydrogen) atoms. The van der Waals surface area contributed by atoms with Crippen LogP contribution in [0.15, 0.2) is 12.5 Å². The quantitative estimate of drug-likeness (QED) is 0.465. The molecule has 54 valence electrons. The van der Waals surface area contributed by atoms with Crippen molar-refractivity contribution in [1.29, 1.82) is 0 Å². The van der Waals surface area contributed by atoms with Gasteiger partial charge in [-0.1, -0.05) is 0 Å². The molecule has 1 atom stereocenters. The fourth-order valence-electron chi connectivity index (χ4n) is 0.614. The Morgan fingerprint density at radius 2 is 2.30 bits per heavy atom. The normalized spacial score (nSPS) is 30.4. The van der Waals surface area contributed by atoms with Gasteiger partial charge in [-0.2, -0.15) is 4.79 Å². The first-order chi connectivity index (χ1) is 4.57. The van der Waals surface area contributed by atoms with Crippen molar-refractivity contribution in [3.63, 3.8) is 0 Å². The number of rotatable bonds is 0. The van der Waals surface area contributed by atoms with Crippen molar-refractivity contribution in [2.75, 3.05) is 7.05 Å². The summed E-state index contributed by atoms with van der Waals surface area (Å²) in [6.45, 7) is 1.34. The lowest BCUT2D eigenvalue weighted by molar-refractivity contribution is -0.695. The summed E-state index contributed by atoms with van der Waals surface area (Å²) in [5.41, 5.74) is 0. The molecule has 0 spiro atoms. The highest BCUT2D eigenvalue weighted by atomic mass is 16.6. The maximum atomic E-state index is 10.8. The Kier molecular flexibility index (Phi) is 1.33. The molecule has 0 bridgehead atoms. The second-order valence-electron chi connectivity index (χ2n) is 2.26. The number of quaternary nitrogens is 1. The highest BCUT2D eigenvalue weighted by molar-refractivity contribution is 5.81. The summed E-state index contributed by atoms with van der Waals surface area (Å²) in [6.07, 6.45) is 2.08. The zero-order chi connectivity index (χ0) is 7.78. The van der Waals surface area contributed by atoms with Crippen LogP contribution in [0.2, 0.25) is 0 Å². The molecule has 1 aliphatic heterocycles. The topological polar surface area (TPSA) is 43.4 Å². The SMILES string of the molecule is CC(=O)[N+]1(C)C=COC1=O. The van der Waals surface area contributed by atoms with Crippen molar-refractivity contribution < 1.29 is 18.8 Å². The molecular formula is C6H8NO3+. The molecule has 0 fully saturated rings. The van der Waals surface area contributed by atoms with Crippen molar-refractivity contribution in [1.82, 2.24) is 0 Å². The van der Waals surface area contributed by atoms with Crippen LogP contribution in [-0.4, -0.2) is 23.5 Å². The molecule has 0 saturated heterocycles. The van der Waals surface area contributed by atoms with E-state index in [-0.39, 0.29) is 10.4 Å². The number of ether oxygens (including phenoxy) is 1. The summed E-state index contributed by atoms with van der Waals surface area (Å²) in [5, 5.41) is 0. The molecule has 1 rings (SSSR count). The lowest BCUT2D eigenvalue weighted by Crippen LogP contribution is -2.44. The van der Waals surface area contributed by atoms with Crippen molar-refractivity contribution in [3.05, 3.63) is 12.5 Å². The van der Waals surface area contributed by atoms with Crippen LogP contribution < -0.4 is 0 Å². The smallest absolute Gasteiger partial charge is 0.382 e. The van der Waals surface area contributed by atoms with Gasteiger partial charge in [0.05, 0.1) is 14.0 Å². The van der Waals surface area contributed by atoms with Crippen molar-refractivity contribution >= 4 is 12.0 Å². The maximum absolute atomic E-state index is 10.8. The fraction of sp³-hybridized carbons (Fsp3) is 0.333. The number of nitrogens with zero attached hydrogens (tertiary/aromatic N) is 1. The van der Waals surface area contributed by atoms with Gasteiger partial charge in [0, 0.05) is 0 Å². The summed E-state index contributed by atoms with van der Waals surface area (Å²) >= 11 is 0. The standard InChI is InChI=1S/C6H8NO3/c1-5(8)7(2)3-4-10-6(7)9/h3-4H,1-2H3/q+1. The average Bonchev–Trinajstić information content (AvgIpc) is 2.15. The highest BCUT2D eigenvalue weighted by Gasteiger charge is 2.41. The van der Waals surface area contributed by atoms with Crippen LogP contribution in [0.5, 0.6) is 0 Å². The van der Waals surface area contributed by atoms with E-state index in [1.54, 1.807) is 0 Å². The Balaban J connectivity index is 2.96. The van der Waals surface area contributed by atoms with Gasteiger partial charge in [-0.25, -0.2) is 4.79 Å². The molecule has 1 heterocycles. The Morgan fingerprint density at radius 3 is 2.50 bits per heavy atom. The van der Waals surface area contributed by atoms with E-state index < -0.39 is 6.09 Å². The number of hydrogen-bond donors (Lipinski definition) is 0. The van der Waals surface area contributed by atoms with Crippen LogP contribution in [0, 0.1) is 0 Å². The first-order valence-corrected chi connectivity index (χ1v) is 2.83. The van der Waals surface area contributed by atoms with E-state index in [0.717, 1.165) is 0 Å². The lowest BCUT2D eigenvalue weighted by atomic mass is 10.5. The van der Waals surface area contributed by atoms with Crippen LogP contribution in [0.4, 0.5) is 4.79 Å². The molecule has 4 heteroatoms. The van der Waals surface area contributed by atoms with Crippen LogP contribution in [0.1, 0.15) is 6.92 Å². The van der Waals surface area contributed by atoms with E-state index in [2.05, 4.69) is 4.74 Å². The van der Waals surface area contributed by atoms with Gasteiger partial charge in [0.15, 0.2) is 6.26 Å². The van der Waals surface area contributed by atoms with Crippen LogP contribution in [0.3, 0.4) is 0 Å². The highest BCUT2D eigenvalue weighted by Crippen LogP contribution is 2.14. The summed E-state index contributed by atoms with van der Waals surface area (Å²) in [6, 6.07) is 0. The molecule has 0 aromatic carbocycles. The van der Waals surface area contributed by atoms with Gasteiger partial charge in [0.1, 0.15) is 6.20 Å². The van der Waals surface area contributed by atoms with E-state index in [1.807, 2.05) is 0 Å². The van der Waals surface area contributed by atoms with E-state index in [0.29, 0.717) is 0 Å². The fourth-order valence-corrected chi connectivity index (χ4v) is 0.614. The van der Waals surface area contributed by atoms with Crippen LogP contribution >= 0.6 is 0 Å². The van der Waals surface area contributed by atoms with Gasteiger partial charge in [0.2, 0.25) is 0 Å². The third-order valence-electron chi connectivity index (χ3n) is 1.56. The second-order valence-corrected chi connectivity index (χ2v) is 2.26. The molecule has 0 aromatic heterocycles. The van der Waals surface area contributed by atoms with Gasteiger partial charge in [-0.15, -0.1) is 4.48 Å². The predicted octanol–water partition coefficient (Wildman–Crippen LogP) is 0.601. The maximum Gasteiger partial charge on any atom is 0.533 e. The van der Waals surface area contributed by atoms with E-state index in [1.165, 1.54) is 26.4 Å². The monoisotopic (exact) mass is 142 g/mol. The molecule has 0 aromatic rings. The van der Waals surface area contributed by atoms with E-state index in [4.69, 9.17) is 0 Å². The Bertz CT molecular complexity index is 221. The number of amides is 2. The third-order valence-corrected chi connectivity index (χ3v) is 1.56. The Labute approximate surface area is 58.3 Å². The molecule has 4 nitrogen and oxygen atoms in total. The minimum atomic E-state index is -0.549. The van der Waals surface area contributed by atoms with Gasteiger partial charge in [0.25, 0.3) is 0 Å². The molecule has 1 unspecified atom stereocenters. The van der Waals surface area contributed by atoms with Gasteiger partial charge in [-0.3, -0.25) is 0 Å². The van der Waals surface area contributed by atoms with Gasteiger partial charge >= 0.3 is 12.0 Å². The zero-order valence-corrected chi connectivity index (χ0v) is 5.83. The minimum Gasteiger partial charge on any atom is -0.382 e. The molecule has 0 saturated carbocycles. The first kappa shape index (κ1) is 6.95. The number of cyclic esters (lactones) is 1. The lowest BCUT2D eigenvalue weighted by Gasteiger charge is -2.14. The van der Waals surface area contributed by atoms with Crippen molar-refractivity contribution in [2.45, 2.75) is 6.92 Å².